The quantitative estimate of drug-likeness (QED) is 0.828. The van der Waals surface area contributed by atoms with Gasteiger partial charge in [-0.1, -0.05) is 6.07 Å². The van der Waals surface area contributed by atoms with Gasteiger partial charge in [-0.25, -0.2) is 13.4 Å². The first-order valence-corrected chi connectivity index (χ1v) is 7.28. The molecule has 1 aromatic carbocycles. The molecule has 0 spiro atoms. The van der Waals surface area contributed by atoms with E-state index >= 15 is 0 Å². The van der Waals surface area contributed by atoms with Gasteiger partial charge in [0.2, 0.25) is 0 Å². The molecule has 1 amide bonds. The van der Waals surface area contributed by atoms with Crippen molar-refractivity contribution in [3.05, 3.63) is 42.0 Å². The van der Waals surface area contributed by atoms with Crippen LogP contribution in [0.1, 0.15) is 16.2 Å². The van der Waals surface area contributed by atoms with Crippen molar-refractivity contribution in [2.75, 3.05) is 6.26 Å². The highest BCUT2D eigenvalue weighted by atomic mass is 32.2. The van der Waals surface area contributed by atoms with E-state index < -0.39 is 9.84 Å². The fourth-order valence-corrected chi connectivity index (χ4v) is 2.12. The van der Waals surface area contributed by atoms with Gasteiger partial charge in [0.05, 0.1) is 11.4 Å². The number of benzene rings is 1. The minimum absolute atomic E-state index is 0.111. The molecule has 0 aliphatic carbocycles. The summed E-state index contributed by atoms with van der Waals surface area (Å²) in [5.41, 5.74) is 0.280. The Labute approximate surface area is 110 Å². The molecule has 19 heavy (non-hydrogen) atoms. The van der Waals surface area contributed by atoms with E-state index in [0.29, 0.717) is 5.82 Å². The van der Waals surface area contributed by atoms with Crippen molar-refractivity contribution in [2.45, 2.75) is 11.4 Å². The van der Waals surface area contributed by atoms with Gasteiger partial charge in [-0.05, 0) is 18.2 Å². The molecule has 0 bridgehead atoms. The number of aromatic nitrogens is 3. The molecular weight excluding hydrogens is 268 g/mol. The summed E-state index contributed by atoms with van der Waals surface area (Å²) in [4.78, 5) is 15.8. The molecule has 1 heterocycles. The largest absolute Gasteiger partial charge is 0.345 e. The Kier molecular flexibility index (Phi) is 3.61. The maximum Gasteiger partial charge on any atom is 0.251 e. The molecule has 2 N–H and O–H groups in total. The predicted octanol–water partition coefficient (Wildman–Crippen LogP) is 0.138. The first-order valence-electron chi connectivity index (χ1n) is 5.39. The van der Waals surface area contributed by atoms with Gasteiger partial charge < -0.3 is 5.32 Å². The first-order chi connectivity index (χ1) is 8.97. The van der Waals surface area contributed by atoms with Crippen LogP contribution in [0.4, 0.5) is 0 Å². The summed E-state index contributed by atoms with van der Waals surface area (Å²) in [6, 6.07) is 5.86. The summed E-state index contributed by atoms with van der Waals surface area (Å²) >= 11 is 0. The highest BCUT2D eigenvalue weighted by Gasteiger charge is 2.11. The Morgan fingerprint density at radius 3 is 2.84 bits per heavy atom. The van der Waals surface area contributed by atoms with Crippen molar-refractivity contribution in [3.63, 3.8) is 0 Å². The predicted molar refractivity (Wildman–Crippen MR) is 67.1 cm³/mol. The maximum absolute atomic E-state index is 11.9. The lowest BCUT2D eigenvalue weighted by Gasteiger charge is -2.04. The minimum Gasteiger partial charge on any atom is -0.345 e. The molecule has 0 aliphatic heterocycles. The third kappa shape index (κ3) is 3.38. The SMILES string of the molecule is CS(=O)(=O)c1cccc(C(=O)NCc2ncn[nH]2)c1. The highest BCUT2D eigenvalue weighted by molar-refractivity contribution is 7.90. The van der Waals surface area contributed by atoms with E-state index in [4.69, 9.17) is 0 Å². The molecule has 0 radical (unpaired) electrons. The van der Waals surface area contributed by atoms with Crippen LogP contribution in [0, 0.1) is 0 Å². The van der Waals surface area contributed by atoms with Crippen LogP contribution >= 0.6 is 0 Å². The monoisotopic (exact) mass is 280 g/mol. The second-order valence-corrected chi connectivity index (χ2v) is 5.93. The van der Waals surface area contributed by atoms with E-state index in [-0.39, 0.29) is 22.9 Å². The number of hydrogen-bond acceptors (Lipinski definition) is 5. The van der Waals surface area contributed by atoms with E-state index in [2.05, 4.69) is 20.5 Å². The van der Waals surface area contributed by atoms with Gasteiger partial charge in [-0.15, -0.1) is 0 Å². The molecule has 100 valence electrons. The fourth-order valence-electron chi connectivity index (χ4n) is 1.45. The molecule has 8 heteroatoms. The van der Waals surface area contributed by atoms with E-state index in [0.717, 1.165) is 6.26 Å². The normalized spacial score (nSPS) is 11.2. The Morgan fingerprint density at radius 2 is 2.21 bits per heavy atom. The van der Waals surface area contributed by atoms with E-state index in [1.807, 2.05) is 0 Å². The average Bonchev–Trinajstić information content (AvgIpc) is 2.88. The molecule has 0 saturated heterocycles. The molecule has 0 aliphatic rings. The number of carbonyl (C=O) groups is 1. The molecule has 1 aromatic heterocycles. The molecule has 7 nitrogen and oxygen atoms in total. The van der Waals surface area contributed by atoms with Gasteiger partial charge in [0.1, 0.15) is 12.2 Å². The van der Waals surface area contributed by atoms with Gasteiger partial charge >= 0.3 is 0 Å². The Morgan fingerprint density at radius 1 is 1.42 bits per heavy atom. The van der Waals surface area contributed by atoms with Gasteiger partial charge in [0.15, 0.2) is 9.84 Å². The van der Waals surface area contributed by atoms with E-state index in [1.165, 1.54) is 24.5 Å². The lowest BCUT2D eigenvalue weighted by Crippen LogP contribution is -2.23. The molecule has 2 aromatic rings. The van der Waals surface area contributed by atoms with Crippen molar-refractivity contribution < 1.29 is 13.2 Å². The summed E-state index contributed by atoms with van der Waals surface area (Å²) in [5, 5.41) is 8.87. The van der Waals surface area contributed by atoms with Crippen LogP contribution in [0.3, 0.4) is 0 Å². The third-order valence-electron chi connectivity index (χ3n) is 2.41. The second kappa shape index (κ2) is 5.19. The first kappa shape index (κ1) is 13.2. The third-order valence-corrected chi connectivity index (χ3v) is 3.52. The second-order valence-electron chi connectivity index (χ2n) is 3.91. The number of nitrogens with one attached hydrogen (secondary N) is 2. The van der Waals surface area contributed by atoms with Crippen LogP contribution in [0.25, 0.3) is 0 Å². The van der Waals surface area contributed by atoms with Crippen LogP contribution in [0.2, 0.25) is 0 Å². The van der Waals surface area contributed by atoms with Crippen molar-refractivity contribution >= 4 is 15.7 Å². The smallest absolute Gasteiger partial charge is 0.251 e. The van der Waals surface area contributed by atoms with Gasteiger partial charge in [0.25, 0.3) is 5.91 Å². The number of aromatic amines is 1. The molecule has 0 unspecified atom stereocenters. The Bertz CT molecular complexity index is 680. The van der Waals surface area contributed by atoms with Crippen LogP contribution in [0.5, 0.6) is 0 Å². The van der Waals surface area contributed by atoms with Crippen LogP contribution in [-0.4, -0.2) is 35.8 Å². The van der Waals surface area contributed by atoms with Crippen molar-refractivity contribution in [3.8, 4) is 0 Å². The Hall–Kier alpha value is -2.22. The number of nitrogens with zero attached hydrogens (tertiary/aromatic N) is 2. The number of amides is 1. The highest BCUT2D eigenvalue weighted by Crippen LogP contribution is 2.11. The zero-order valence-corrected chi connectivity index (χ0v) is 10.9. The number of rotatable bonds is 4. The summed E-state index contributed by atoms with van der Waals surface area (Å²) in [6.07, 6.45) is 2.43. The lowest BCUT2D eigenvalue weighted by molar-refractivity contribution is 0.0949. The summed E-state index contributed by atoms with van der Waals surface area (Å²) in [7, 11) is -3.33. The van der Waals surface area contributed by atoms with Gasteiger partial charge in [0, 0.05) is 11.8 Å². The zero-order valence-electron chi connectivity index (χ0n) is 10.1. The standard InChI is InChI=1S/C11H12N4O3S/c1-19(17,18)9-4-2-3-8(5-9)11(16)12-6-10-13-7-14-15-10/h2-5,7H,6H2,1H3,(H,12,16)(H,13,14,15). The minimum atomic E-state index is -3.33. The van der Waals surface area contributed by atoms with Crippen LogP contribution in [0.15, 0.2) is 35.5 Å². The number of carbonyl (C=O) groups excluding carboxylic acids is 1. The molecule has 0 saturated carbocycles. The number of H-pyrrole nitrogens is 1. The summed E-state index contributed by atoms with van der Waals surface area (Å²) in [6.45, 7) is 0.196. The van der Waals surface area contributed by atoms with E-state index in [9.17, 15) is 13.2 Å². The number of sulfone groups is 1. The average molecular weight is 280 g/mol. The summed E-state index contributed by atoms with van der Waals surface area (Å²) < 4.78 is 22.8. The molecule has 0 fully saturated rings. The van der Waals surface area contributed by atoms with Crippen molar-refractivity contribution in [2.24, 2.45) is 0 Å². The van der Waals surface area contributed by atoms with Gasteiger partial charge in [-0.3, -0.25) is 9.89 Å². The maximum atomic E-state index is 11.9. The summed E-state index contributed by atoms with van der Waals surface area (Å²) in [5.74, 6) is 0.148. The van der Waals surface area contributed by atoms with Gasteiger partial charge in [-0.2, -0.15) is 5.10 Å². The Balaban J connectivity index is 2.11. The molecule has 0 atom stereocenters. The van der Waals surface area contributed by atoms with Crippen LogP contribution < -0.4 is 5.32 Å². The molecular formula is C11H12N4O3S. The van der Waals surface area contributed by atoms with Crippen LogP contribution in [-0.2, 0) is 16.4 Å². The van der Waals surface area contributed by atoms with E-state index in [1.54, 1.807) is 6.07 Å². The van der Waals surface area contributed by atoms with Crippen molar-refractivity contribution in [1.82, 2.24) is 20.5 Å². The molecule has 2 rings (SSSR count). The number of hydrogen-bond donors (Lipinski definition) is 2. The lowest BCUT2D eigenvalue weighted by atomic mass is 10.2. The van der Waals surface area contributed by atoms with Crippen molar-refractivity contribution in [1.29, 1.82) is 0 Å². The zero-order chi connectivity index (χ0) is 13.9. The topological polar surface area (TPSA) is 105 Å². The fraction of sp³-hybridized carbons (Fsp3) is 0.182.